The topological polar surface area (TPSA) is 22.0 Å². The van der Waals surface area contributed by atoms with Crippen molar-refractivity contribution in [2.75, 3.05) is 0 Å². The summed E-state index contributed by atoms with van der Waals surface area (Å²) in [7, 11) is 0. The fraction of sp³-hybridized carbons (Fsp3) is 0.643. The lowest BCUT2D eigenvalue weighted by Crippen LogP contribution is -2.31. The smallest absolute Gasteiger partial charge is 0.254 e. The van der Waals surface area contributed by atoms with E-state index in [1.165, 1.54) is 0 Å². The van der Waals surface area contributed by atoms with Gasteiger partial charge in [0.2, 0.25) is 0 Å². The number of nitrogens with zero attached hydrogens (tertiary/aromatic N) is 1. The van der Waals surface area contributed by atoms with Gasteiger partial charge in [0.05, 0.1) is 0 Å². The molecule has 1 heterocycles. The quantitative estimate of drug-likeness (QED) is 0.816. The van der Waals surface area contributed by atoms with Crippen molar-refractivity contribution in [2.45, 2.75) is 58.2 Å². The predicted octanol–water partition coefficient (Wildman–Crippen LogP) is 3.38. The van der Waals surface area contributed by atoms with Gasteiger partial charge >= 0.3 is 0 Å². The molecule has 0 fully saturated rings. The molecule has 0 aromatic carbocycles. The fourth-order valence-electron chi connectivity index (χ4n) is 1.94. The SMILES string of the molecule is CCCCn1c(C(C)(C)C)ccc(CS)c1=O. The molecule has 3 heteroatoms. The number of hydrogen-bond donors (Lipinski definition) is 1. The lowest BCUT2D eigenvalue weighted by atomic mass is 9.90. The predicted molar refractivity (Wildman–Crippen MR) is 77.0 cm³/mol. The Morgan fingerprint density at radius 2 is 1.94 bits per heavy atom. The van der Waals surface area contributed by atoms with Crippen LogP contribution < -0.4 is 5.56 Å². The van der Waals surface area contributed by atoms with E-state index in [9.17, 15) is 4.79 Å². The second-order valence-electron chi connectivity index (χ2n) is 5.46. The van der Waals surface area contributed by atoms with Gasteiger partial charge in [-0.3, -0.25) is 4.79 Å². The first-order valence-corrected chi connectivity index (χ1v) is 6.89. The van der Waals surface area contributed by atoms with Crippen molar-refractivity contribution in [2.24, 2.45) is 0 Å². The largest absolute Gasteiger partial charge is 0.312 e. The first-order chi connectivity index (χ1) is 7.91. The van der Waals surface area contributed by atoms with Crippen LogP contribution in [-0.4, -0.2) is 4.57 Å². The van der Waals surface area contributed by atoms with Crippen LogP contribution in [0.3, 0.4) is 0 Å². The van der Waals surface area contributed by atoms with Crippen molar-refractivity contribution in [1.82, 2.24) is 4.57 Å². The van der Waals surface area contributed by atoms with Crippen molar-refractivity contribution in [3.63, 3.8) is 0 Å². The molecule has 0 aliphatic carbocycles. The van der Waals surface area contributed by atoms with E-state index in [1.807, 2.05) is 10.6 Å². The maximum atomic E-state index is 12.3. The number of pyridine rings is 1. The lowest BCUT2D eigenvalue weighted by Gasteiger charge is -2.24. The van der Waals surface area contributed by atoms with Gasteiger partial charge in [-0.15, -0.1) is 0 Å². The van der Waals surface area contributed by atoms with Gasteiger partial charge in [0.15, 0.2) is 0 Å². The van der Waals surface area contributed by atoms with Gasteiger partial charge in [0.25, 0.3) is 5.56 Å². The molecule has 0 aliphatic rings. The highest BCUT2D eigenvalue weighted by molar-refractivity contribution is 7.79. The van der Waals surface area contributed by atoms with Crippen LogP contribution in [0.5, 0.6) is 0 Å². The van der Waals surface area contributed by atoms with Crippen molar-refractivity contribution < 1.29 is 0 Å². The van der Waals surface area contributed by atoms with Gasteiger partial charge in [-0.05, 0) is 12.5 Å². The Bertz CT molecular complexity index is 429. The number of unbranched alkanes of at least 4 members (excludes halogenated alkanes) is 1. The molecule has 1 rings (SSSR count). The van der Waals surface area contributed by atoms with E-state index < -0.39 is 0 Å². The zero-order valence-electron chi connectivity index (χ0n) is 11.3. The van der Waals surface area contributed by atoms with E-state index in [0.717, 1.165) is 30.6 Å². The third-order valence-corrected chi connectivity index (χ3v) is 3.27. The van der Waals surface area contributed by atoms with Crippen LogP contribution in [0.4, 0.5) is 0 Å². The van der Waals surface area contributed by atoms with E-state index in [0.29, 0.717) is 5.75 Å². The number of hydrogen-bond acceptors (Lipinski definition) is 2. The molecule has 0 unspecified atom stereocenters. The Balaban J connectivity index is 3.31. The van der Waals surface area contributed by atoms with Crippen molar-refractivity contribution in [3.05, 3.63) is 33.7 Å². The zero-order valence-corrected chi connectivity index (χ0v) is 12.2. The number of aromatic nitrogens is 1. The van der Waals surface area contributed by atoms with E-state index in [4.69, 9.17) is 0 Å². The maximum Gasteiger partial charge on any atom is 0.254 e. The summed E-state index contributed by atoms with van der Waals surface area (Å²) in [5.74, 6) is 0.509. The highest BCUT2D eigenvalue weighted by Gasteiger charge is 2.19. The van der Waals surface area contributed by atoms with E-state index >= 15 is 0 Å². The van der Waals surface area contributed by atoms with Crippen LogP contribution in [0, 0.1) is 0 Å². The minimum absolute atomic E-state index is 0.00201. The van der Waals surface area contributed by atoms with Crippen LogP contribution in [0.25, 0.3) is 0 Å². The number of rotatable bonds is 4. The van der Waals surface area contributed by atoms with E-state index in [-0.39, 0.29) is 11.0 Å². The molecule has 0 atom stereocenters. The average Bonchev–Trinajstić information content (AvgIpc) is 2.25. The minimum Gasteiger partial charge on any atom is -0.312 e. The minimum atomic E-state index is 0.00201. The summed E-state index contributed by atoms with van der Waals surface area (Å²) in [4.78, 5) is 12.3. The molecule has 0 bridgehead atoms. The molecule has 0 spiro atoms. The highest BCUT2D eigenvalue weighted by atomic mass is 32.1. The Labute approximate surface area is 109 Å². The second-order valence-corrected chi connectivity index (χ2v) is 5.78. The summed E-state index contributed by atoms with van der Waals surface area (Å²) in [6.07, 6.45) is 2.14. The Morgan fingerprint density at radius 1 is 1.29 bits per heavy atom. The standard InChI is InChI=1S/C14H23NOS/c1-5-6-9-15-12(14(2,3)4)8-7-11(10-17)13(15)16/h7-8,17H,5-6,9-10H2,1-4H3. The summed E-state index contributed by atoms with van der Waals surface area (Å²) >= 11 is 4.21. The molecule has 1 aromatic heterocycles. The molecule has 0 amide bonds. The van der Waals surface area contributed by atoms with E-state index in [1.54, 1.807) is 0 Å². The third kappa shape index (κ3) is 3.38. The van der Waals surface area contributed by atoms with Gasteiger partial charge in [-0.1, -0.05) is 40.2 Å². The average molecular weight is 253 g/mol. The molecule has 0 saturated heterocycles. The first kappa shape index (κ1) is 14.4. The van der Waals surface area contributed by atoms with Crippen LogP contribution in [0.15, 0.2) is 16.9 Å². The summed E-state index contributed by atoms with van der Waals surface area (Å²) < 4.78 is 1.93. The summed E-state index contributed by atoms with van der Waals surface area (Å²) in [6, 6.07) is 3.99. The third-order valence-electron chi connectivity index (χ3n) is 2.93. The highest BCUT2D eigenvalue weighted by Crippen LogP contribution is 2.21. The summed E-state index contributed by atoms with van der Waals surface area (Å²) in [5, 5.41) is 0. The molecule has 0 N–H and O–H groups in total. The Morgan fingerprint density at radius 3 is 2.41 bits per heavy atom. The molecule has 0 radical (unpaired) electrons. The monoisotopic (exact) mass is 253 g/mol. The summed E-state index contributed by atoms with van der Waals surface area (Å²) in [6.45, 7) is 9.38. The van der Waals surface area contributed by atoms with Gasteiger partial charge in [-0.2, -0.15) is 12.6 Å². The second kappa shape index (κ2) is 5.76. The van der Waals surface area contributed by atoms with Crippen LogP contribution in [-0.2, 0) is 17.7 Å². The normalized spacial score (nSPS) is 11.8. The zero-order chi connectivity index (χ0) is 13.1. The maximum absolute atomic E-state index is 12.3. The van der Waals surface area contributed by atoms with Gasteiger partial charge < -0.3 is 4.57 Å². The van der Waals surface area contributed by atoms with Gasteiger partial charge in [0, 0.05) is 29.0 Å². The van der Waals surface area contributed by atoms with Crippen LogP contribution in [0.2, 0.25) is 0 Å². The molecule has 0 aliphatic heterocycles. The molecular weight excluding hydrogens is 230 g/mol. The Kier molecular flexibility index (Phi) is 4.87. The van der Waals surface area contributed by atoms with Gasteiger partial charge in [-0.25, -0.2) is 0 Å². The van der Waals surface area contributed by atoms with Crippen LogP contribution >= 0.6 is 12.6 Å². The molecule has 17 heavy (non-hydrogen) atoms. The van der Waals surface area contributed by atoms with Gasteiger partial charge in [0.1, 0.15) is 0 Å². The molecule has 0 saturated carbocycles. The van der Waals surface area contributed by atoms with Crippen molar-refractivity contribution in [1.29, 1.82) is 0 Å². The van der Waals surface area contributed by atoms with Crippen LogP contribution in [0.1, 0.15) is 51.8 Å². The Hall–Kier alpha value is -0.700. The fourth-order valence-corrected chi connectivity index (χ4v) is 2.18. The number of thiol groups is 1. The lowest BCUT2D eigenvalue weighted by molar-refractivity contribution is 0.488. The van der Waals surface area contributed by atoms with Crippen molar-refractivity contribution in [3.8, 4) is 0 Å². The van der Waals surface area contributed by atoms with E-state index in [2.05, 4.69) is 46.4 Å². The summed E-state index contributed by atoms with van der Waals surface area (Å²) in [5.41, 5.74) is 2.03. The molecule has 96 valence electrons. The van der Waals surface area contributed by atoms with Crippen molar-refractivity contribution >= 4 is 12.6 Å². The molecule has 2 nitrogen and oxygen atoms in total. The molecule has 1 aromatic rings. The first-order valence-electron chi connectivity index (χ1n) is 6.26. The molecular formula is C14H23NOS.